The van der Waals surface area contributed by atoms with E-state index in [-0.39, 0.29) is 11.8 Å². The van der Waals surface area contributed by atoms with Gasteiger partial charge >= 0.3 is 0 Å². The summed E-state index contributed by atoms with van der Waals surface area (Å²) in [6.45, 7) is 0.407. The van der Waals surface area contributed by atoms with Crippen LogP contribution in [0.3, 0.4) is 0 Å². The predicted octanol–water partition coefficient (Wildman–Crippen LogP) is 0.548. The van der Waals surface area contributed by atoms with Crippen LogP contribution < -0.4 is 0 Å². The van der Waals surface area contributed by atoms with Crippen molar-refractivity contribution in [2.75, 3.05) is 13.7 Å². The van der Waals surface area contributed by atoms with E-state index in [1.54, 1.807) is 6.21 Å². The van der Waals surface area contributed by atoms with Gasteiger partial charge in [0.1, 0.15) is 7.11 Å². The van der Waals surface area contributed by atoms with Crippen molar-refractivity contribution in [3.05, 3.63) is 0 Å². The number of hydrogen-bond donors (Lipinski definition) is 0. The van der Waals surface area contributed by atoms with Crippen molar-refractivity contribution in [2.24, 2.45) is 5.16 Å². The Morgan fingerprint density at radius 3 is 2.64 bits per heavy atom. The summed E-state index contributed by atoms with van der Waals surface area (Å²) in [6, 6.07) is 0. The molecule has 1 aliphatic heterocycles. The van der Waals surface area contributed by atoms with Gasteiger partial charge in [-0.15, -0.1) is 0 Å². The van der Waals surface area contributed by atoms with Crippen LogP contribution >= 0.6 is 0 Å². The first-order valence-corrected chi connectivity index (χ1v) is 4.64. The maximum absolute atomic E-state index is 11.3. The van der Waals surface area contributed by atoms with E-state index in [0.29, 0.717) is 32.2 Å². The highest BCUT2D eigenvalue weighted by Crippen LogP contribution is 2.11. The summed E-state index contributed by atoms with van der Waals surface area (Å²) in [7, 11) is 1.45. The van der Waals surface area contributed by atoms with Crippen molar-refractivity contribution in [2.45, 2.75) is 25.7 Å². The Kier molecular flexibility index (Phi) is 4.10. The molecular formula is C9H14N2O3. The van der Waals surface area contributed by atoms with Crippen LogP contribution in [-0.2, 0) is 14.4 Å². The molecule has 5 heteroatoms. The zero-order chi connectivity index (χ0) is 10.4. The number of likely N-dealkylation sites (tertiary alicyclic amines) is 1. The molecule has 1 fully saturated rings. The SMILES string of the molecule is CO/N=C/CCN1C(=O)CCCC1=O. The molecule has 1 heterocycles. The molecule has 0 aromatic rings. The van der Waals surface area contributed by atoms with Crippen LogP contribution in [0.5, 0.6) is 0 Å². The number of carbonyl (C=O) groups is 2. The maximum atomic E-state index is 11.3. The molecule has 0 atom stereocenters. The van der Waals surface area contributed by atoms with Gasteiger partial charge in [0, 0.05) is 32.0 Å². The molecule has 1 aliphatic rings. The van der Waals surface area contributed by atoms with Gasteiger partial charge in [-0.2, -0.15) is 0 Å². The van der Waals surface area contributed by atoms with Gasteiger partial charge < -0.3 is 4.84 Å². The van der Waals surface area contributed by atoms with Crippen LogP contribution in [0, 0.1) is 0 Å². The molecule has 2 amide bonds. The monoisotopic (exact) mass is 198 g/mol. The van der Waals surface area contributed by atoms with Gasteiger partial charge in [0.25, 0.3) is 0 Å². The highest BCUT2D eigenvalue weighted by molar-refractivity contribution is 5.97. The average molecular weight is 198 g/mol. The third kappa shape index (κ3) is 2.83. The molecule has 0 N–H and O–H groups in total. The standard InChI is InChI=1S/C9H14N2O3/c1-14-10-6-3-7-11-8(12)4-2-5-9(11)13/h6H,2-5,7H2,1H3/b10-6+. The molecule has 0 aromatic heterocycles. The number of carbonyl (C=O) groups excluding carboxylic acids is 2. The van der Waals surface area contributed by atoms with Gasteiger partial charge in [0.05, 0.1) is 0 Å². The van der Waals surface area contributed by atoms with Crippen molar-refractivity contribution in [3.8, 4) is 0 Å². The molecule has 78 valence electrons. The van der Waals surface area contributed by atoms with E-state index in [2.05, 4.69) is 9.99 Å². The lowest BCUT2D eigenvalue weighted by Gasteiger charge is -2.23. The van der Waals surface area contributed by atoms with Crippen LogP contribution in [0.2, 0.25) is 0 Å². The number of amides is 2. The Morgan fingerprint density at radius 1 is 1.43 bits per heavy atom. The molecular weight excluding hydrogens is 184 g/mol. The van der Waals surface area contributed by atoms with Crippen LogP contribution in [0.1, 0.15) is 25.7 Å². The van der Waals surface area contributed by atoms with Gasteiger partial charge in [0.2, 0.25) is 11.8 Å². The molecule has 0 spiro atoms. The molecule has 0 radical (unpaired) electrons. The smallest absolute Gasteiger partial charge is 0.229 e. The van der Waals surface area contributed by atoms with Crippen LogP contribution in [-0.4, -0.2) is 36.6 Å². The number of rotatable bonds is 4. The second-order valence-corrected chi connectivity index (χ2v) is 3.05. The van der Waals surface area contributed by atoms with Gasteiger partial charge in [0.15, 0.2) is 0 Å². The van der Waals surface area contributed by atoms with Crippen molar-refractivity contribution in [3.63, 3.8) is 0 Å². The zero-order valence-corrected chi connectivity index (χ0v) is 8.23. The van der Waals surface area contributed by atoms with Crippen molar-refractivity contribution in [1.29, 1.82) is 0 Å². The van der Waals surface area contributed by atoms with E-state index in [0.717, 1.165) is 0 Å². The van der Waals surface area contributed by atoms with Crippen LogP contribution in [0.4, 0.5) is 0 Å². The molecule has 1 rings (SSSR count). The predicted molar refractivity (Wildman–Crippen MR) is 50.7 cm³/mol. The molecule has 5 nitrogen and oxygen atoms in total. The Labute approximate surface area is 82.7 Å². The topological polar surface area (TPSA) is 59.0 Å². The highest BCUT2D eigenvalue weighted by atomic mass is 16.6. The van der Waals surface area contributed by atoms with Gasteiger partial charge in [-0.25, -0.2) is 0 Å². The first-order valence-electron chi connectivity index (χ1n) is 4.64. The fourth-order valence-corrected chi connectivity index (χ4v) is 1.36. The van der Waals surface area contributed by atoms with E-state index < -0.39 is 0 Å². The van der Waals surface area contributed by atoms with Crippen LogP contribution in [0.25, 0.3) is 0 Å². The molecule has 1 saturated heterocycles. The lowest BCUT2D eigenvalue weighted by Crippen LogP contribution is -2.40. The van der Waals surface area contributed by atoms with Gasteiger partial charge in [-0.3, -0.25) is 14.5 Å². The second-order valence-electron chi connectivity index (χ2n) is 3.05. The number of oxime groups is 1. The average Bonchev–Trinajstić information content (AvgIpc) is 2.16. The molecule has 0 saturated carbocycles. The molecule has 0 unspecified atom stereocenters. The summed E-state index contributed by atoms with van der Waals surface area (Å²) >= 11 is 0. The Bertz CT molecular complexity index is 234. The van der Waals surface area contributed by atoms with Gasteiger partial charge in [-0.1, -0.05) is 5.16 Å². The quantitative estimate of drug-likeness (QED) is 0.376. The molecule has 14 heavy (non-hydrogen) atoms. The lowest BCUT2D eigenvalue weighted by atomic mass is 10.1. The Balaban J connectivity index is 2.37. The largest absolute Gasteiger partial charge is 0.399 e. The molecule has 0 aromatic carbocycles. The normalized spacial score (nSPS) is 17.9. The summed E-state index contributed by atoms with van der Waals surface area (Å²) in [5.74, 6) is -0.154. The fraction of sp³-hybridized carbons (Fsp3) is 0.667. The number of imide groups is 1. The summed E-state index contributed by atoms with van der Waals surface area (Å²) in [4.78, 5) is 28.4. The van der Waals surface area contributed by atoms with Gasteiger partial charge in [-0.05, 0) is 6.42 Å². The van der Waals surface area contributed by atoms with Crippen molar-refractivity contribution >= 4 is 18.0 Å². The number of piperidine rings is 1. The summed E-state index contributed by atoms with van der Waals surface area (Å²) < 4.78 is 0. The minimum atomic E-state index is -0.0768. The lowest BCUT2D eigenvalue weighted by molar-refractivity contribution is -0.147. The zero-order valence-electron chi connectivity index (χ0n) is 8.23. The molecule has 0 bridgehead atoms. The van der Waals surface area contributed by atoms with E-state index in [1.807, 2.05) is 0 Å². The fourth-order valence-electron chi connectivity index (χ4n) is 1.36. The first kappa shape index (κ1) is 10.7. The first-order chi connectivity index (χ1) is 6.75. The molecule has 0 aliphatic carbocycles. The Morgan fingerprint density at radius 2 is 2.07 bits per heavy atom. The summed E-state index contributed by atoms with van der Waals surface area (Å²) in [5, 5.41) is 3.53. The number of nitrogens with zero attached hydrogens (tertiary/aromatic N) is 2. The minimum absolute atomic E-state index is 0.0768. The Hall–Kier alpha value is -1.39. The van der Waals surface area contributed by atoms with E-state index >= 15 is 0 Å². The summed E-state index contributed by atoms with van der Waals surface area (Å²) in [5.41, 5.74) is 0. The minimum Gasteiger partial charge on any atom is -0.399 e. The second kappa shape index (κ2) is 5.36. The van der Waals surface area contributed by atoms with Crippen molar-refractivity contribution in [1.82, 2.24) is 4.90 Å². The third-order valence-corrected chi connectivity index (χ3v) is 2.05. The highest BCUT2D eigenvalue weighted by Gasteiger charge is 2.24. The maximum Gasteiger partial charge on any atom is 0.229 e. The van der Waals surface area contributed by atoms with E-state index in [4.69, 9.17) is 0 Å². The van der Waals surface area contributed by atoms with Crippen molar-refractivity contribution < 1.29 is 14.4 Å². The number of hydrogen-bond acceptors (Lipinski definition) is 4. The van der Waals surface area contributed by atoms with E-state index in [1.165, 1.54) is 12.0 Å². The van der Waals surface area contributed by atoms with Crippen LogP contribution in [0.15, 0.2) is 5.16 Å². The summed E-state index contributed by atoms with van der Waals surface area (Å²) in [6.07, 6.45) is 3.74. The van der Waals surface area contributed by atoms with E-state index in [9.17, 15) is 9.59 Å². The third-order valence-electron chi connectivity index (χ3n) is 2.05.